The molecular weight excluding hydrogens is 605 g/mol. The molecule has 0 heterocycles. The minimum absolute atomic E-state index is 0.637. The number of nitrogens with zero attached hydrogens (tertiary/aromatic N) is 2. The summed E-state index contributed by atoms with van der Waals surface area (Å²) in [6.07, 6.45) is 11.0. The molecule has 1 atom stereocenters. The van der Waals surface area contributed by atoms with Crippen molar-refractivity contribution in [1.29, 1.82) is 0 Å². The Balaban J connectivity index is 1.31. The molecule has 2 heteroatoms. The second-order valence-electron chi connectivity index (χ2n) is 14.2. The van der Waals surface area contributed by atoms with Crippen LogP contribution in [0.15, 0.2) is 144 Å². The quantitative estimate of drug-likeness (QED) is 0.124. The van der Waals surface area contributed by atoms with Gasteiger partial charge in [0.25, 0.3) is 0 Å². The highest BCUT2D eigenvalue weighted by molar-refractivity contribution is 5.82. The second-order valence-corrected chi connectivity index (χ2v) is 14.2. The number of rotatable bonds is 13. The Bertz CT molecular complexity index is 1890. The molecule has 0 fully saturated rings. The zero-order valence-corrected chi connectivity index (χ0v) is 31.0. The van der Waals surface area contributed by atoms with Gasteiger partial charge in [0.1, 0.15) is 0 Å². The Morgan fingerprint density at radius 1 is 0.560 bits per heavy atom. The number of unbranched alkanes of at least 4 members (excludes halogenated alkanes) is 2. The highest BCUT2D eigenvalue weighted by atomic mass is 15.2. The zero-order chi connectivity index (χ0) is 35.0. The predicted molar refractivity (Wildman–Crippen MR) is 217 cm³/mol. The normalized spacial score (nSPS) is 14.4. The topological polar surface area (TPSA) is 6.48 Å². The number of benzene rings is 5. The van der Waals surface area contributed by atoms with E-state index in [4.69, 9.17) is 0 Å². The second kappa shape index (κ2) is 16.3. The molecule has 256 valence electrons. The lowest BCUT2D eigenvalue weighted by Crippen LogP contribution is -2.22. The average molecular weight is 659 g/mol. The van der Waals surface area contributed by atoms with Crippen molar-refractivity contribution in [2.75, 3.05) is 9.80 Å². The van der Waals surface area contributed by atoms with Gasteiger partial charge in [0.05, 0.1) is 5.69 Å². The molecule has 0 amide bonds. The standard InChI is InChI=1S/C48H54N2/c1-7-9-17-39-31-35(3)47(36(4)32-39)49(43-19-13-11-14-20-43)45-27-23-41(24-28-45)42-25-29-46(30-26-42)50(44-21-15-12-16-22-44)48-37(5)33-40(18-10-8-2)34-38(48)6/h11-16,19-33,40H,7-10,17-18,34H2,1-6H3. The summed E-state index contributed by atoms with van der Waals surface area (Å²) in [4.78, 5) is 4.88. The van der Waals surface area contributed by atoms with Gasteiger partial charge in [-0.05, 0) is 147 Å². The highest BCUT2D eigenvalue weighted by Crippen LogP contribution is 2.42. The molecule has 0 radical (unpaired) electrons. The maximum atomic E-state index is 2.52. The molecule has 0 saturated carbocycles. The summed E-state index contributed by atoms with van der Waals surface area (Å²) in [7, 11) is 0. The highest BCUT2D eigenvalue weighted by Gasteiger charge is 2.24. The fraction of sp³-hybridized carbons (Fsp3) is 0.292. The van der Waals surface area contributed by atoms with E-state index in [1.165, 1.54) is 105 Å². The molecule has 50 heavy (non-hydrogen) atoms. The molecule has 5 aromatic rings. The van der Waals surface area contributed by atoms with Crippen molar-refractivity contribution in [3.05, 3.63) is 161 Å². The van der Waals surface area contributed by atoms with E-state index in [-0.39, 0.29) is 0 Å². The van der Waals surface area contributed by atoms with Crippen molar-refractivity contribution in [2.24, 2.45) is 5.92 Å². The number of aryl methyl sites for hydroxylation is 3. The van der Waals surface area contributed by atoms with Gasteiger partial charge in [-0.25, -0.2) is 0 Å². The van der Waals surface area contributed by atoms with Gasteiger partial charge in [-0.3, -0.25) is 0 Å². The lowest BCUT2D eigenvalue weighted by Gasteiger charge is -2.34. The molecule has 1 aliphatic carbocycles. The minimum Gasteiger partial charge on any atom is -0.310 e. The van der Waals surface area contributed by atoms with Crippen molar-refractivity contribution < 1.29 is 0 Å². The molecule has 0 saturated heterocycles. The van der Waals surface area contributed by atoms with Crippen LogP contribution in [0.2, 0.25) is 0 Å². The Morgan fingerprint density at radius 2 is 1.04 bits per heavy atom. The van der Waals surface area contributed by atoms with Crippen LogP contribution >= 0.6 is 0 Å². The monoisotopic (exact) mass is 658 g/mol. The van der Waals surface area contributed by atoms with Gasteiger partial charge in [0, 0.05) is 28.4 Å². The fourth-order valence-electron chi connectivity index (χ4n) is 7.83. The Labute approximate surface area is 301 Å². The van der Waals surface area contributed by atoms with Crippen molar-refractivity contribution in [3.8, 4) is 11.1 Å². The number of anilines is 5. The summed E-state index contributed by atoms with van der Waals surface area (Å²) in [5, 5.41) is 0. The van der Waals surface area contributed by atoms with E-state index in [1.54, 1.807) is 0 Å². The maximum absolute atomic E-state index is 2.52. The van der Waals surface area contributed by atoms with Crippen LogP contribution in [0.3, 0.4) is 0 Å². The summed E-state index contributed by atoms with van der Waals surface area (Å²) in [6, 6.07) is 44.6. The van der Waals surface area contributed by atoms with Gasteiger partial charge in [-0.15, -0.1) is 0 Å². The van der Waals surface area contributed by atoms with Crippen LogP contribution in [0.1, 0.15) is 82.9 Å². The van der Waals surface area contributed by atoms with Crippen molar-refractivity contribution in [2.45, 2.75) is 86.5 Å². The summed E-state index contributed by atoms with van der Waals surface area (Å²) < 4.78 is 0. The molecule has 0 spiro atoms. The molecule has 1 aliphatic rings. The zero-order valence-electron chi connectivity index (χ0n) is 31.0. The summed E-state index contributed by atoms with van der Waals surface area (Å²) >= 11 is 0. The summed E-state index contributed by atoms with van der Waals surface area (Å²) in [6.45, 7) is 13.7. The third-order valence-corrected chi connectivity index (χ3v) is 10.2. The van der Waals surface area contributed by atoms with E-state index >= 15 is 0 Å². The number of allylic oxidation sites excluding steroid dienone is 3. The largest absolute Gasteiger partial charge is 0.310 e. The Morgan fingerprint density at radius 3 is 1.54 bits per heavy atom. The van der Waals surface area contributed by atoms with Crippen LogP contribution in [0, 0.1) is 19.8 Å². The SMILES string of the molecule is CCCCc1cc(C)c(N(c2ccccc2)c2ccc(-c3ccc(N(C4=C(C)CC(CCCC)C=C4C)c4ccccc4)cc3)cc2)c(C)c1. The van der Waals surface area contributed by atoms with Crippen LogP contribution < -0.4 is 9.80 Å². The fourth-order valence-corrected chi connectivity index (χ4v) is 7.83. The van der Waals surface area contributed by atoms with Gasteiger partial charge in [-0.2, -0.15) is 0 Å². The van der Waals surface area contributed by atoms with Gasteiger partial charge in [-0.1, -0.05) is 112 Å². The summed E-state index contributed by atoms with van der Waals surface area (Å²) in [5.41, 5.74) is 16.7. The smallest absolute Gasteiger partial charge is 0.0520 e. The van der Waals surface area contributed by atoms with Crippen LogP contribution in [0.25, 0.3) is 11.1 Å². The first-order valence-electron chi connectivity index (χ1n) is 18.8. The number of para-hydroxylation sites is 2. The predicted octanol–water partition coefficient (Wildman–Crippen LogP) is 14.4. The van der Waals surface area contributed by atoms with E-state index in [9.17, 15) is 0 Å². The molecule has 2 nitrogen and oxygen atoms in total. The molecule has 1 unspecified atom stereocenters. The molecule has 0 N–H and O–H groups in total. The van der Waals surface area contributed by atoms with Gasteiger partial charge >= 0.3 is 0 Å². The van der Waals surface area contributed by atoms with E-state index in [0.29, 0.717) is 5.92 Å². The van der Waals surface area contributed by atoms with Crippen LogP contribution in [0.5, 0.6) is 0 Å². The first kappa shape index (κ1) is 35.0. The van der Waals surface area contributed by atoms with Gasteiger partial charge < -0.3 is 9.80 Å². The number of hydrogen-bond donors (Lipinski definition) is 0. The van der Waals surface area contributed by atoms with E-state index in [0.717, 1.165) is 12.8 Å². The van der Waals surface area contributed by atoms with Gasteiger partial charge in [0.2, 0.25) is 0 Å². The third-order valence-electron chi connectivity index (χ3n) is 10.2. The van der Waals surface area contributed by atoms with Crippen LogP contribution in [-0.2, 0) is 6.42 Å². The number of hydrogen-bond acceptors (Lipinski definition) is 2. The van der Waals surface area contributed by atoms with Crippen molar-refractivity contribution >= 4 is 28.4 Å². The molecule has 0 aliphatic heterocycles. The minimum atomic E-state index is 0.637. The molecule has 6 rings (SSSR count). The summed E-state index contributed by atoms with van der Waals surface area (Å²) in [5.74, 6) is 0.637. The van der Waals surface area contributed by atoms with Crippen LogP contribution in [-0.4, -0.2) is 0 Å². The van der Waals surface area contributed by atoms with Gasteiger partial charge in [0.15, 0.2) is 0 Å². The van der Waals surface area contributed by atoms with Crippen molar-refractivity contribution in [3.63, 3.8) is 0 Å². The Hall–Kier alpha value is -4.82. The molecular formula is C48H54N2. The first-order valence-corrected chi connectivity index (χ1v) is 18.8. The third kappa shape index (κ3) is 7.81. The van der Waals surface area contributed by atoms with Crippen molar-refractivity contribution in [1.82, 2.24) is 0 Å². The first-order chi connectivity index (χ1) is 24.4. The lowest BCUT2D eigenvalue weighted by atomic mass is 9.85. The van der Waals surface area contributed by atoms with E-state index in [1.807, 2.05) is 0 Å². The van der Waals surface area contributed by atoms with Crippen LogP contribution in [0.4, 0.5) is 28.4 Å². The molecule has 0 bridgehead atoms. The van der Waals surface area contributed by atoms with E-state index in [2.05, 4.69) is 179 Å². The Kier molecular flexibility index (Phi) is 11.4. The average Bonchev–Trinajstić information content (AvgIpc) is 3.14. The molecule has 0 aromatic heterocycles. The maximum Gasteiger partial charge on any atom is 0.0520 e. The molecule has 5 aromatic carbocycles. The lowest BCUT2D eigenvalue weighted by molar-refractivity contribution is 0.538. The van der Waals surface area contributed by atoms with E-state index < -0.39 is 0 Å².